The molecule has 7 heteroatoms. The molecule has 3 rings (SSSR count). The molecule has 0 unspecified atom stereocenters. The van der Waals surface area contributed by atoms with E-state index in [1.807, 2.05) is 6.20 Å². The number of rotatable bonds is 6. The Hall–Kier alpha value is -1.61. The summed E-state index contributed by atoms with van der Waals surface area (Å²) in [5, 5.41) is 9.09. The second-order valence-electron chi connectivity index (χ2n) is 5.97. The van der Waals surface area contributed by atoms with Crippen molar-refractivity contribution in [3.8, 4) is 0 Å². The number of hydrogen-bond acceptors (Lipinski definition) is 3. The van der Waals surface area contributed by atoms with Gasteiger partial charge in [-0.3, -0.25) is 4.99 Å². The average Bonchev–Trinajstić information content (AvgIpc) is 3.24. The molecule has 5 nitrogen and oxygen atoms in total. The first-order valence-electron chi connectivity index (χ1n) is 8.65. The van der Waals surface area contributed by atoms with E-state index in [9.17, 15) is 0 Å². The van der Waals surface area contributed by atoms with Crippen LogP contribution in [0.15, 0.2) is 35.6 Å². The lowest BCUT2D eigenvalue weighted by Crippen LogP contribution is -2.37. The lowest BCUT2D eigenvalue weighted by Gasteiger charge is -2.10. The molecule has 0 aliphatic carbocycles. The Morgan fingerprint density at radius 3 is 2.81 bits per heavy atom. The van der Waals surface area contributed by atoms with Gasteiger partial charge in [-0.05, 0) is 30.9 Å². The Balaban J connectivity index is 0.00000243. The number of benzene rings is 1. The minimum absolute atomic E-state index is 0. The number of halogens is 1. The van der Waals surface area contributed by atoms with Crippen molar-refractivity contribution in [1.82, 2.24) is 20.6 Å². The highest BCUT2D eigenvalue weighted by Crippen LogP contribution is 2.22. The highest BCUT2D eigenvalue weighted by molar-refractivity contribution is 14.0. The van der Waals surface area contributed by atoms with Gasteiger partial charge >= 0.3 is 0 Å². The molecule has 0 fully saturated rings. The van der Waals surface area contributed by atoms with Crippen LogP contribution in [0.5, 0.6) is 0 Å². The fourth-order valence-electron chi connectivity index (χ4n) is 2.96. The number of H-pyrrole nitrogens is 1. The molecule has 0 saturated carbocycles. The van der Waals surface area contributed by atoms with Crippen molar-refractivity contribution in [3.05, 3.63) is 51.6 Å². The number of thiazole rings is 1. The highest BCUT2D eigenvalue weighted by atomic mass is 127. The van der Waals surface area contributed by atoms with E-state index in [4.69, 9.17) is 0 Å². The maximum absolute atomic E-state index is 4.36. The molecule has 0 atom stereocenters. The van der Waals surface area contributed by atoms with E-state index >= 15 is 0 Å². The van der Waals surface area contributed by atoms with Crippen molar-refractivity contribution in [1.29, 1.82) is 0 Å². The van der Waals surface area contributed by atoms with E-state index in [1.165, 1.54) is 26.9 Å². The van der Waals surface area contributed by atoms with Gasteiger partial charge in [0.15, 0.2) is 5.96 Å². The van der Waals surface area contributed by atoms with Crippen LogP contribution in [0.2, 0.25) is 0 Å². The SMILES string of the molecule is CCc1cccc2c(CCNC(=NC)NCc3ncc(C)s3)c[nH]c12.I. The van der Waals surface area contributed by atoms with Crippen LogP contribution in [0.1, 0.15) is 27.9 Å². The van der Waals surface area contributed by atoms with Crippen molar-refractivity contribution in [2.45, 2.75) is 33.2 Å². The summed E-state index contributed by atoms with van der Waals surface area (Å²) in [6, 6.07) is 6.52. The molecular weight excluding hydrogens is 457 g/mol. The number of nitrogens with one attached hydrogen (secondary N) is 3. The molecule has 26 heavy (non-hydrogen) atoms. The fourth-order valence-corrected chi connectivity index (χ4v) is 3.68. The topological polar surface area (TPSA) is 65.1 Å². The molecule has 0 aliphatic rings. The lowest BCUT2D eigenvalue weighted by atomic mass is 10.1. The van der Waals surface area contributed by atoms with Crippen LogP contribution in [0.4, 0.5) is 0 Å². The first kappa shape index (κ1) is 20.7. The van der Waals surface area contributed by atoms with Gasteiger partial charge in [-0.15, -0.1) is 35.3 Å². The normalized spacial score (nSPS) is 11.4. The zero-order valence-corrected chi connectivity index (χ0v) is 18.6. The number of fused-ring (bicyclic) bond motifs is 1. The van der Waals surface area contributed by atoms with Gasteiger partial charge < -0.3 is 15.6 Å². The first-order chi connectivity index (χ1) is 12.2. The minimum atomic E-state index is 0. The summed E-state index contributed by atoms with van der Waals surface area (Å²) in [5.74, 6) is 0.807. The Morgan fingerprint density at radius 2 is 2.12 bits per heavy atom. The molecular formula is C19H26IN5S. The van der Waals surface area contributed by atoms with Crippen molar-refractivity contribution in [3.63, 3.8) is 0 Å². The standard InChI is InChI=1S/C19H25N5S.HI/c1-4-14-6-5-7-16-15(11-23-18(14)16)8-9-21-19(20-3)24-12-17-22-10-13(2)25-17;/h5-7,10-11,23H,4,8-9,12H2,1-3H3,(H2,20,21,24);1H. The summed E-state index contributed by atoms with van der Waals surface area (Å²) in [4.78, 5) is 13.3. The van der Waals surface area contributed by atoms with E-state index in [1.54, 1.807) is 18.4 Å². The molecule has 0 amide bonds. The van der Waals surface area contributed by atoms with Gasteiger partial charge in [0.1, 0.15) is 5.01 Å². The molecule has 0 aliphatic heterocycles. The van der Waals surface area contributed by atoms with Gasteiger partial charge in [0.2, 0.25) is 0 Å². The largest absolute Gasteiger partial charge is 0.361 e. The van der Waals surface area contributed by atoms with Crippen LogP contribution >= 0.6 is 35.3 Å². The summed E-state index contributed by atoms with van der Waals surface area (Å²) in [6.07, 6.45) is 6.02. The summed E-state index contributed by atoms with van der Waals surface area (Å²) in [5.41, 5.74) is 3.97. The van der Waals surface area contributed by atoms with E-state index in [0.29, 0.717) is 6.54 Å². The number of aromatic amines is 1. The summed E-state index contributed by atoms with van der Waals surface area (Å²) in [6.45, 7) is 5.79. The number of aromatic nitrogens is 2. The van der Waals surface area contributed by atoms with Gasteiger partial charge in [-0.25, -0.2) is 4.98 Å². The first-order valence-corrected chi connectivity index (χ1v) is 9.46. The summed E-state index contributed by atoms with van der Waals surface area (Å²) < 4.78 is 0. The zero-order valence-electron chi connectivity index (χ0n) is 15.4. The van der Waals surface area contributed by atoms with Crippen LogP contribution in [0, 0.1) is 6.92 Å². The molecule has 1 aromatic carbocycles. The number of guanidine groups is 1. The molecule has 3 aromatic rings. The van der Waals surface area contributed by atoms with Crippen molar-refractivity contribution in [2.75, 3.05) is 13.6 Å². The third-order valence-electron chi connectivity index (χ3n) is 4.25. The molecule has 0 bridgehead atoms. The predicted octanol–water partition coefficient (Wildman–Crippen LogP) is 4.02. The fraction of sp³-hybridized carbons (Fsp3) is 0.368. The number of aryl methyl sites for hydroxylation is 2. The minimum Gasteiger partial charge on any atom is -0.361 e. The molecule has 0 spiro atoms. The van der Waals surface area contributed by atoms with Gasteiger partial charge in [-0.1, -0.05) is 25.1 Å². The average molecular weight is 483 g/mol. The zero-order chi connectivity index (χ0) is 17.6. The summed E-state index contributed by atoms with van der Waals surface area (Å²) in [7, 11) is 1.79. The maximum atomic E-state index is 4.36. The van der Waals surface area contributed by atoms with E-state index in [2.05, 4.69) is 63.8 Å². The van der Waals surface area contributed by atoms with Gasteiger partial charge in [0, 0.05) is 41.8 Å². The van der Waals surface area contributed by atoms with E-state index < -0.39 is 0 Å². The molecule has 0 radical (unpaired) electrons. The third kappa shape index (κ3) is 4.97. The Labute approximate surface area is 175 Å². The Kier molecular flexibility index (Phi) is 7.89. The van der Waals surface area contributed by atoms with E-state index in [0.717, 1.165) is 30.4 Å². The molecule has 2 aromatic heterocycles. The smallest absolute Gasteiger partial charge is 0.191 e. The maximum Gasteiger partial charge on any atom is 0.191 e. The second kappa shape index (κ2) is 9.91. The Morgan fingerprint density at radius 1 is 1.27 bits per heavy atom. The second-order valence-corrected chi connectivity index (χ2v) is 7.29. The van der Waals surface area contributed by atoms with Gasteiger partial charge in [0.25, 0.3) is 0 Å². The molecule has 2 heterocycles. The Bertz CT molecular complexity index is 868. The molecule has 0 saturated heterocycles. The number of aliphatic imine (C=N–C) groups is 1. The highest BCUT2D eigenvalue weighted by Gasteiger charge is 2.07. The number of para-hydroxylation sites is 1. The molecule has 140 valence electrons. The van der Waals surface area contributed by atoms with Gasteiger partial charge in [-0.2, -0.15) is 0 Å². The van der Waals surface area contributed by atoms with Crippen molar-refractivity contribution >= 4 is 52.2 Å². The van der Waals surface area contributed by atoms with Crippen LogP contribution < -0.4 is 10.6 Å². The number of hydrogen-bond donors (Lipinski definition) is 3. The lowest BCUT2D eigenvalue weighted by molar-refractivity contribution is 0.793. The predicted molar refractivity (Wildman–Crippen MR) is 122 cm³/mol. The van der Waals surface area contributed by atoms with Crippen LogP contribution in [0.3, 0.4) is 0 Å². The van der Waals surface area contributed by atoms with Gasteiger partial charge in [0.05, 0.1) is 6.54 Å². The van der Waals surface area contributed by atoms with Crippen molar-refractivity contribution < 1.29 is 0 Å². The molecule has 3 N–H and O–H groups in total. The van der Waals surface area contributed by atoms with Crippen LogP contribution in [-0.4, -0.2) is 29.5 Å². The van der Waals surface area contributed by atoms with Crippen LogP contribution in [0.25, 0.3) is 10.9 Å². The van der Waals surface area contributed by atoms with E-state index in [-0.39, 0.29) is 24.0 Å². The number of nitrogens with zero attached hydrogens (tertiary/aromatic N) is 2. The third-order valence-corrected chi connectivity index (χ3v) is 5.17. The van der Waals surface area contributed by atoms with Crippen molar-refractivity contribution in [2.24, 2.45) is 4.99 Å². The summed E-state index contributed by atoms with van der Waals surface area (Å²) >= 11 is 1.71. The quantitative estimate of drug-likeness (QED) is 0.282. The monoisotopic (exact) mass is 483 g/mol. The van der Waals surface area contributed by atoms with Crippen LogP contribution in [-0.2, 0) is 19.4 Å².